The van der Waals surface area contributed by atoms with E-state index in [1.165, 1.54) is 9.40 Å². The predicted molar refractivity (Wildman–Crippen MR) is 90.0 cm³/mol. The molecule has 0 N–H and O–H groups in total. The van der Waals surface area contributed by atoms with Crippen molar-refractivity contribution in [3.63, 3.8) is 0 Å². The van der Waals surface area contributed by atoms with Gasteiger partial charge in [-0.05, 0) is 30.9 Å². The van der Waals surface area contributed by atoms with Crippen LogP contribution in [0.15, 0.2) is 17.5 Å². The summed E-state index contributed by atoms with van der Waals surface area (Å²) in [6.07, 6.45) is 1.09. The maximum absolute atomic E-state index is 12.5. The minimum absolute atomic E-state index is 0.113. The second-order valence-electron chi connectivity index (χ2n) is 4.74. The van der Waals surface area contributed by atoms with Crippen LogP contribution in [0.3, 0.4) is 0 Å². The number of thiophene rings is 2. The average molecular weight is 339 g/mol. The Labute approximate surface area is 136 Å². The number of carbonyl (C=O) groups is 1. The zero-order valence-corrected chi connectivity index (χ0v) is 14.2. The number of hydrogen-bond donors (Lipinski definition) is 0. The molecule has 0 spiro atoms. The molecule has 0 radical (unpaired) electrons. The maximum atomic E-state index is 12.5. The van der Waals surface area contributed by atoms with Crippen molar-refractivity contribution in [1.29, 1.82) is 0 Å². The van der Waals surface area contributed by atoms with E-state index in [0.29, 0.717) is 11.4 Å². The Hall–Kier alpha value is -1.17. The van der Waals surface area contributed by atoms with E-state index in [9.17, 15) is 4.79 Å². The number of halogens is 1. The Balaban J connectivity index is 1.90. The molecule has 0 amide bonds. The fourth-order valence-electron chi connectivity index (χ4n) is 2.33. The lowest BCUT2D eigenvalue weighted by atomic mass is 10.1. The summed E-state index contributed by atoms with van der Waals surface area (Å²) in [4.78, 5) is 13.3. The Morgan fingerprint density at radius 2 is 2.19 bits per heavy atom. The Morgan fingerprint density at radius 3 is 2.86 bits per heavy atom. The molecule has 0 saturated heterocycles. The van der Waals surface area contributed by atoms with Crippen molar-refractivity contribution in [3.05, 3.63) is 38.8 Å². The summed E-state index contributed by atoms with van der Waals surface area (Å²) in [5.41, 5.74) is 1.70. The Kier molecular flexibility index (Phi) is 4.15. The molecule has 0 unspecified atom stereocenters. The second kappa shape index (κ2) is 5.91. The molecule has 0 atom stereocenters. The number of aryl methyl sites for hydroxylation is 2. The average Bonchev–Trinajstić information content (AvgIpc) is 3.13. The highest BCUT2D eigenvalue weighted by atomic mass is 35.5. The van der Waals surface area contributed by atoms with Crippen LogP contribution in [-0.4, -0.2) is 15.6 Å². The first-order chi connectivity index (χ1) is 10.1. The van der Waals surface area contributed by atoms with Crippen LogP contribution in [0.25, 0.3) is 9.40 Å². The van der Waals surface area contributed by atoms with Gasteiger partial charge < -0.3 is 0 Å². The van der Waals surface area contributed by atoms with Crippen molar-refractivity contribution < 1.29 is 4.79 Å². The summed E-state index contributed by atoms with van der Waals surface area (Å²) in [6.45, 7) is 4.76. The van der Waals surface area contributed by atoms with Crippen molar-refractivity contribution >= 4 is 49.5 Å². The summed E-state index contributed by atoms with van der Waals surface area (Å²) in [6, 6.07) is 4.04. The quantitative estimate of drug-likeness (QED) is 0.625. The van der Waals surface area contributed by atoms with E-state index < -0.39 is 0 Å². The first-order valence-corrected chi connectivity index (χ1v) is 8.95. The molecule has 0 aliphatic rings. The second-order valence-corrected chi connectivity index (χ2v) is 7.15. The van der Waals surface area contributed by atoms with Gasteiger partial charge in [0.2, 0.25) is 0 Å². The SMILES string of the molecule is CCc1nn(CC)c(CC(=O)c2cc3sccc3s2)c1Cl. The third-order valence-corrected chi connectivity index (χ3v) is 6.01. The number of ketones is 1. The summed E-state index contributed by atoms with van der Waals surface area (Å²) in [7, 11) is 0. The Bertz CT molecular complexity index is 771. The monoisotopic (exact) mass is 338 g/mol. The topological polar surface area (TPSA) is 34.9 Å². The molecule has 3 heterocycles. The standard InChI is InChI=1S/C15H15ClN2OS2/c1-3-9-15(16)10(18(4-2)17-9)7-11(19)13-8-14-12(21-13)5-6-20-14/h5-6,8H,3-4,7H2,1-2H3. The highest BCUT2D eigenvalue weighted by Crippen LogP contribution is 2.31. The number of carbonyl (C=O) groups excluding carboxylic acids is 1. The van der Waals surface area contributed by atoms with Gasteiger partial charge in [0, 0.05) is 15.9 Å². The molecule has 0 aromatic carbocycles. The number of nitrogens with zero attached hydrogens (tertiary/aromatic N) is 2. The summed E-state index contributed by atoms with van der Waals surface area (Å²) < 4.78 is 4.19. The van der Waals surface area contributed by atoms with Crippen molar-refractivity contribution in [2.75, 3.05) is 0 Å². The smallest absolute Gasteiger partial charge is 0.178 e. The van der Waals surface area contributed by atoms with Gasteiger partial charge in [-0.25, -0.2) is 0 Å². The molecule has 21 heavy (non-hydrogen) atoms. The molecule has 6 heteroatoms. The minimum Gasteiger partial charge on any atom is -0.293 e. The van der Waals surface area contributed by atoms with Gasteiger partial charge in [0.15, 0.2) is 5.78 Å². The van der Waals surface area contributed by atoms with E-state index in [1.54, 1.807) is 22.7 Å². The fourth-order valence-corrected chi connectivity index (χ4v) is 4.71. The van der Waals surface area contributed by atoms with Crippen LogP contribution >= 0.6 is 34.3 Å². The van der Waals surface area contributed by atoms with E-state index in [1.807, 2.05) is 30.0 Å². The van der Waals surface area contributed by atoms with Gasteiger partial charge in [-0.3, -0.25) is 9.48 Å². The zero-order valence-electron chi connectivity index (χ0n) is 11.9. The number of rotatable bonds is 5. The first kappa shape index (κ1) is 14.8. The molecule has 0 aliphatic heterocycles. The maximum Gasteiger partial charge on any atom is 0.178 e. The van der Waals surface area contributed by atoms with Crippen LogP contribution in [-0.2, 0) is 19.4 Å². The predicted octanol–water partition coefficient (Wildman–Crippen LogP) is 4.82. The molecule has 110 valence electrons. The molecular formula is C15H15ClN2OS2. The van der Waals surface area contributed by atoms with Crippen molar-refractivity contribution in [1.82, 2.24) is 9.78 Å². The zero-order chi connectivity index (χ0) is 15.0. The van der Waals surface area contributed by atoms with Crippen LogP contribution in [0.4, 0.5) is 0 Å². The normalized spacial score (nSPS) is 11.4. The lowest BCUT2D eigenvalue weighted by Gasteiger charge is -2.03. The highest BCUT2D eigenvalue weighted by molar-refractivity contribution is 7.27. The molecule has 3 nitrogen and oxygen atoms in total. The third kappa shape index (κ3) is 2.65. The van der Waals surface area contributed by atoms with Gasteiger partial charge in [0.1, 0.15) is 0 Å². The van der Waals surface area contributed by atoms with Crippen molar-refractivity contribution in [3.8, 4) is 0 Å². The summed E-state index contributed by atoms with van der Waals surface area (Å²) in [5, 5.41) is 7.16. The minimum atomic E-state index is 0.113. The van der Waals surface area contributed by atoms with Crippen LogP contribution in [0.2, 0.25) is 5.02 Å². The van der Waals surface area contributed by atoms with Crippen molar-refractivity contribution in [2.24, 2.45) is 0 Å². The molecule has 3 aromatic heterocycles. The molecule has 3 aromatic rings. The van der Waals surface area contributed by atoms with Gasteiger partial charge in [0.05, 0.1) is 27.7 Å². The summed E-state index contributed by atoms with van der Waals surface area (Å²) >= 11 is 9.58. The van der Waals surface area contributed by atoms with E-state index in [4.69, 9.17) is 11.6 Å². The molecule has 3 rings (SSSR count). The molecular weight excluding hydrogens is 324 g/mol. The summed E-state index contributed by atoms with van der Waals surface area (Å²) in [5.74, 6) is 0.113. The van der Waals surface area contributed by atoms with E-state index in [0.717, 1.165) is 29.2 Å². The largest absolute Gasteiger partial charge is 0.293 e. The van der Waals surface area contributed by atoms with Crippen LogP contribution in [0.5, 0.6) is 0 Å². The van der Waals surface area contributed by atoms with E-state index in [-0.39, 0.29) is 5.78 Å². The lowest BCUT2D eigenvalue weighted by molar-refractivity contribution is 0.0994. The van der Waals surface area contributed by atoms with E-state index >= 15 is 0 Å². The van der Waals surface area contributed by atoms with Gasteiger partial charge in [-0.2, -0.15) is 5.10 Å². The molecule has 0 aliphatic carbocycles. The van der Waals surface area contributed by atoms with Crippen LogP contribution in [0, 0.1) is 0 Å². The van der Waals surface area contributed by atoms with Gasteiger partial charge in [0.25, 0.3) is 0 Å². The molecule has 0 fully saturated rings. The first-order valence-electron chi connectivity index (χ1n) is 6.88. The number of fused-ring (bicyclic) bond motifs is 1. The van der Waals surface area contributed by atoms with Gasteiger partial charge in [-0.1, -0.05) is 18.5 Å². The van der Waals surface area contributed by atoms with Gasteiger partial charge >= 0.3 is 0 Å². The molecule has 0 saturated carbocycles. The van der Waals surface area contributed by atoms with Crippen molar-refractivity contribution in [2.45, 2.75) is 33.2 Å². The highest BCUT2D eigenvalue weighted by Gasteiger charge is 2.19. The van der Waals surface area contributed by atoms with Gasteiger partial charge in [-0.15, -0.1) is 22.7 Å². The lowest BCUT2D eigenvalue weighted by Crippen LogP contribution is -2.09. The fraction of sp³-hybridized carbons (Fsp3) is 0.333. The van der Waals surface area contributed by atoms with Crippen LogP contribution in [0.1, 0.15) is 34.9 Å². The number of hydrogen-bond acceptors (Lipinski definition) is 4. The number of aromatic nitrogens is 2. The number of Topliss-reactive ketones (excluding diaryl/α,β-unsaturated/α-hetero) is 1. The molecule has 0 bridgehead atoms. The third-order valence-electron chi connectivity index (χ3n) is 3.44. The van der Waals surface area contributed by atoms with Crippen LogP contribution < -0.4 is 0 Å². The van der Waals surface area contributed by atoms with E-state index in [2.05, 4.69) is 11.2 Å². The Morgan fingerprint density at radius 1 is 1.38 bits per heavy atom.